The van der Waals surface area contributed by atoms with Gasteiger partial charge in [0.2, 0.25) is 0 Å². The molecule has 4 fully saturated rings. The second-order valence-corrected chi connectivity index (χ2v) is 9.61. The largest absolute Gasteiger partial charge is 0.388 e. The summed E-state index contributed by atoms with van der Waals surface area (Å²) >= 11 is 0. The highest BCUT2D eigenvalue weighted by molar-refractivity contribution is 5.51. The molecule has 168 valence electrons. The average molecular weight is 452 g/mol. The summed E-state index contributed by atoms with van der Waals surface area (Å²) in [5.41, 5.74) is 1.47. The van der Waals surface area contributed by atoms with Crippen molar-refractivity contribution in [1.29, 1.82) is 21.0 Å². The molecular formula is C26H20N4O4. The molecule has 0 spiro atoms. The lowest BCUT2D eigenvalue weighted by Crippen LogP contribution is -2.56. The average Bonchev–Trinajstić information content (AvgIpc) is 2.79. The van der Waals surface area contributed by atoms with E-state index in [1.165, 1.54) is 0 Å². The Labute approximate surface area is 197 Å². The van der Waals surface area contributed by atoms with Gasteiger partial charge in [0.15, 0.2) is 0 Å². The summed E-state index contributed by atoms with van der Waals surface area (Å²) in [5, 5.41) is 36.3. The van der Waals surface area contributed by atoms with Crippen molar-refractivity contribution >= 4 is 0 Å². The van der Waals surface area contributed by atoms with Crippen LogP contribution >= 0.6 is 0 Å². The van der Waals surface area contributed by atoms with Gasteiger partial charge in [0.05, 0.1) is 0 Å². The second kappa shape index (κ2) is 8.18. The molecule has 0 N–H and O–H groups in total. The number of hydrogen-bond donors (Lipinski definition) is 0. The Bertz CT molecular complexity index is 1200. The molecule has 0 aliphatic heterocycles. The number of benzene rings is 2. The lowest BCUT2D eigenvalue weighted by atomic mass is 9.41. The molecule has 0 radical (unpaired) electrons. The molecule has 4 saturated carbocycles. The molecule has 8 nitrogen and oxygen atoms in total. The zero-order chi connectivity index (χ0) is 23.8. The first-order chi connectivity index (χ1) is 16.5. The van der Waals surface area contributed by atoms with Crippen LogP contribution in [0.5, 0.6) is 23.0 Å². The summed E-state index contributed by atoms with van der Waals surface area (Å²) in [6.07, 6.45) is 12.8. The third-order valence-corrected chi connectivity index (χ3v) is 7.75. The van der Waals surface area contributed by atoms with Crippen LogP contribution in [0.3, 0.4) is 0 Å². The van der Waals surface area contributed by atoms with Crippen molar-refractivity contribution in [2.75, 3.05) is 0 Å². The molecule has 8 heteroatoms. The number of ether oxygens (including phenoxy) is 4. The van der Waals surface area contributed by atoms with E-state index in [1.54, 1.807) is 49.3 Å². The number of hydrogen-bond acceptors (Lipinski definition) is 8. The quantitative estimate of drug-likeness (QED) is 0.564. The van der Waals surface area contributed by atoms with Crippen LogP contribution < -0.4 is 18.9 Å². The molecule has 0 atom stereocenters. The smallest absolute Gasteiger partial charge is 0.292 e. The van der Waals surface area contributed by atoms with Gasteiger partial charge in [0, 0.05) is 34.1 Å². The highest BCUT2D eigenvalue weighted by Gasteiger charge is 2.60. The zero-order valence-corrected chi connectivity index (χ0v) is 18.3. The Morgan fingerprint density at radius 1 is 0.618 bits per heavy atom. The zero-order valence-electron chi connectivity index (χ0n) is 18.3. The first kappa shape index (κ1) is 21.4. The van der Waals surface area contributed by atoms with Gasteiger partial charge in [-0.25, -0.2) is 0 Å². The van der Waals surface area contributed by atoms with E-state index in [1.807, 2.05) is 12.1 Å². The van der Waals surface area contributed by atoms with E-state index in [0.29, 0.717) is 34.8 Å². The van der Waals surface area contributed by atoms with Crippen molar-refractivity contribution in [3.8, 4) is 48.0 Å². The van der Waals surface area contributed by atoms with Crippen LogP contribution in [0.25, 0.3) is 0 Å². The third-order valence-electron chi connectivity index (χ3n) is 7.75. The van der Waals surface area contributed by atoms with Gasteiger partial charge in [0.1, 0.15) is 23.0 Å². The topological polar surface area (TPSA) is 132 Å². The van der Waals surface area contributed by atoms with Crippen molar-refractivity contribution in [2.24, 2.45) is 11.8 Å². The van der Waals surface area contributed by atoms with Gasteiger partial charge < -0.3 is 18.9 Å². The summed E-state index contributed by atoms with van der Waals surface area (Å²) < 4.78 is 20.6. The summed E-state index contributed by atoms with van der Waals surface area (Å²) in [6.45, 7) is 0. The van der Waals surface area contributed by atoms with Crippen LogP contribution in [-0.2, 0) is 10.8 Å². The maximum absolute atomic E-state index is 9.28. The molecule has 2 aromatic rings. The molecule has 4 aliphatic carbocycles. The fraction of sp³-hybridized carbons (Fsp3) is 0.385. The maximum atomic E-state index is 9.28. The van der Waals surface area contributed by atoms with Crippen LogP contribution in [0.1, 0.15) is 49.7 Å². The highest BCUT2D eigenvalue weighted by atomic mass is 16.5. The van der Waals surface area contributed by atoms with Gasteiger partial charge in [-0.15, -0.1) is 21.0 Å². The molecule has 0 saturated heterocycles. The van der Waals surface area contributed by atoms with Crippen molar-refractivity contribution in [1.82, 2.24) is 0 Å². The summed E-state index contributed by atoms with van der Waals surface area (Å²) in [4.78, 5) is 0. The lowest BCUT2D eigenvalue weighted by molar-refractivity contribution is -0.0294. The summed E-state index contributed by atoms with van der Waals surface area (Å²) in [5.74, 6) is 2.45. The maximum Gasteiger partial charge on any atom is 0.292 e. The van der Waals surface area contributed by atoms with Crippen LogP contribution in [0, 0.1) is 57.9 Å². The highest BCUT2D eigenvalue weighted by Crippen LogP contribution is 2.68. The van der Waals surface area contributed by atoms with E-state index in [9.17, 15) is 10.5 Å². The van der Waals surface area contributed by atoms with Crippen molar-refractivity contribution < 1.29 is 18.9 Å². The molecular weight excluding hydrogens is 432 g/mol. The van der Waals surface area contributed by atoms with Crippen molar-refractivity contribution in [3.05, 3.63) is 47.5 Å². The van der Waals surface area contributed by atoms with Crippen LogP contribution in [-0.4, -0.2) is 0 Å². The van der Waals surface area contributed by atoms with Gasteiger partial charge >= 0.3 is 0 Å². The molecule has 4 bridgehead atoms. The van der Waals surface area contributed by atoms with Gasteiger partial charge in [-0.3, -0.25) is 0 Å². The van der Waals surface area contributed by atoms with Gasteiger partial charge in [-0.05, 0) is 62.5 Å². The monoisotopic (exact) mass is 452 g/mol. The Morgan fingerprint density at radius 2 is 1.03 bits per heavy atom. The third kappa shape index (κ3) is 3.42. The minimum Gasteiger partial charge on any atom is -0.388 e. The first-order valence-electron chi connectivity index (χ1n) is 11.1. The van der Waals surface area contributed by atoms with E-state index in [0.717, 1.165) is 49.7 Å². The molecule has 0 heterocycles. The predicted molar refractivity (Wildman–Crippen MR) is 116 cm³/mol. The number of rotatable bonds is 6. The first-order valence-corrected chi connectivity index (χ1v) is 11.1. The Morgan fingerprint density at radius 3 is 1.41 bits per heavy atom. The SMILES string of the molecule is N#COc1ccc(C23CC4CC(C2)CC(c2ccc(OC#N)cc2OC#N)(C4)C3)c(OC#N)c1. The minimum atomic E-state index is -0.215. The van der Waals surface area contributed by atoms with E-state index in [-0.39, 0.29) is 10.8 Å². The molecule has 0 amide bonds. The summed E-state index contributed by atoms with van der Waals surface area (Å²) in [7, 11) is 0. The molecule has 34 heavy (non-hydrogen) atoms. The standard InChI is InChI=1S/C26H20N4O4/c27-13-31-19-1-3-21(23(6-19)33-15-29)25-8-17-5-18(9-25)11-26(10-17,12-25)22-4-2-20(32-14-28)7-24(22)34-16-30/h1-4,6-7,17-18H,5,8-12H2. The molecule has 0 unspecified atom stereocenters. The van der Waals surface area contributed by atoms with Crippen LogP contribution in [0.4, 0.5) is 0 Å². The summed E-state index contributed by atoms with van der Waals surface area (Å²) in [6, 6.07) is 10.5. The normalized spacial score (nSPS) is 28.0. The molecule has 0 aromatic heterocycles. The van der Waals surface area contributed by atoms with E-state index in [4.69, 9.17) is 29.5 Å². The Hall–Kier alpha value is -4.40. The van der Waals surface area contributed by atoms with Crippen molar-refractivity contribution in [3.63, 3.8) is 0 Å². The fourth-order valence-electron chi connectivity index (χ4n) is 7.27. The van der Waals surface area contributed by atoms with Crippen molar-refractivity contribution in [2.45, 2.75) is 49.4 Å². The van der Waals surface area contributed by atoms with E-state index >= 15 is 0 Å². The lowest BCUT2D eigenvalue weighted by Gasteiger charge is -2.62. The van der Waals surface area contributed by atoms with Crippen LogP contribution in [0.15, 0.2) is 36.4 Å². The minimum absolute atomic E-state index is 0.215. The Kier molecular flexibility index (Phi) is 5.16. The number of nitriles is 4. The van der Waals surface area contributed by atoms with Gasteiger partial charge in [-0.2, -0.15) is 0 Å². The molecule has 2 aromatic carbocycles. The predicted octanol–water partition coefficient (Wildman–Crippen LogP) is 4.92. The van der Waals surface area contributed by atoms with Gasteiger partial charge in [-0.1, -0.05) is 12.1 Å². The molecule has 6 rings (SSSR count). The number of nitrogens with zero attached hydrogens (tertiary/aromatic N) is 4. The molecule has 4 aliphatic rings. The van der Waals surface area contributed by atoms with E-state index in [2.05, 4.69) is 0 Å². The van der Waals surface area contributed by atoms with Crippen LogP contribution in [0.2, 0.25) is 0 Å². The second-order valence-electron chi connectivity index (χ2n) is 9.61. The van der Waals surface area contributed by atoms with Gasteiger partial charge in [0.25, 0.3) is 25.0 Å². The fourth-order valence-corrected chi connectivity index (χ4v) is 7.27. The Balaban J connectivity index is 1.61. The van der Waals surface area contributed by atoms with E-state index < -0.39 is 0 Å².